The number of hydrogen-bond donors (Lipinski definition) is 2. The molecule has 0 unspecified atom stereocenters. The summed E-state index contributed by atoms with van der Waals surface area (Å²) in [6.07, 6.45) is 3.76. The molecule has 4 heteroatoms. The number of aromatic nitrogens is 3. The Labute approximate surface area is 95.1 Å². The Hall–Kier alpha value is -1.68. The van der Waals surface area contributed by atoms with Crippen molar-refractivity contribution in [2.45, 2.75) is 26.9 Å². The highest BCUT2D eigenvalue weighted by molar-refractivity contribution is 5.15. The molecule has 84 valence electrons. The fraction of sp³-hybridized carbons (Fsp3) is 0.333. The Morgan fingerprint density at radius 3 is 2.69 bits per heavy atom. The average molecular weight is 216 g/mol. The van der Waals surface area contributed by atoms with E-state index in [1.807, 2.05) is 32.3 Å². The Bertz CT molecular complexity index is 444. The van der Waals surface area contributed by atoms with Gasteiger partial charge < -0.3 is 5.32 Å². The Morgan fingerprint density at radius 1 is 1.19 bits per heavy atom. The normalized spacial score (nSPS) is 10.6. The van der Waals surface area contributed by atoms with Crippen LogP contribution in [0.3, 0.4) is 0 Å². The molecule has 0 bridgehead atoms. The summed E-state index contributed by atoms with van der Waals surface area (Å²) in [4.78, 5) is 4.25. The van der Waals surface area contributed by atoms with Crippen LogP contribution < -0.4 is 5.32 Å². The molecule has 2 aromatic heterocycles. The SMILES string of the molecule is Cc1ccc(CNCc2cn[nH]c2C)cn1. The smallest absolute Gasteiger partial charge is 0.0535 e. The monoisotopic (exact) mass is 216 g/mol. The van der Waals surface area contributed by atoms with Crippen LogP contribution in [-0.2, 0) is 13.1 Å². The maximum absolute atomic E-state index is 4.25. The standard InChI is InChI=1S/C12H16N4/c1-9-3-4-11(6-14-9)5-13-7-12-8-15-16-10(12)2/h3-4,6,8,13H,5,7H2,1-2H3,(H,15,16). The lowest BCUT2D eigenvalue weighted by Gasteiger charge is -2.04. The molecule has 0 spiro atoms. The van der Waals surface area contributed by atoms with Crippen molar-refractivity contribution in [1.29, 1.82) is 0 Å². The third-order valence-corrected chi connectivity index (χ3v) is 2.55. The summed E-state index contributed by atoms with van der Waals surface area (Å²) >= 11 is 0. The van der Waals surface area contributed by atoms with Crippen LogP contribution in [0.15, 0.2) is 24.5 Å². The van der Waals surface area contributed by atoms with E-state index in [4.69, 9.17) is 0 Å². The molecule has 2 rings (SSSR count). The highest BCUT2D eigenvalue weighted by atomic mass is 15.1. The minimum atomic E-state index is 0.830. The number of nitrogens with one attached hydrogen (secondary N) is 2. The lowest BCUT2D eigenvalue weighted by molar-refractivity contribution is 0.688. The molecule has 0 fully saturated rings. The number of H-pyrrole nitrogens is 1. The quantitative estimate of drug-likeness (QED) is 0.818. The topological polar surface area (TPSA) is 53.6 Å². The van der Waals surface area contributed by atoms with Crippen LogP contribution in [0.5, 0.6) is 0 Å². The molecule has 2 heterocycles. The van der Waals surface area contributed by atoms with Gasteiger partial charge in [-0.15, -0.1) is 0 Å². The zero-order valence-corrected chi connectivity index (χ0v) is 9.62. The van der Waals surface area contributed by atoms with E-state index in [0.717, 1.165) is 24.5 Å². The van der Waals surface area contributed by atoms with Gasteiger partial charge in [-0.1, -0.05) is 6.07 Å². The first-order chi connectivity index (χ1) is 7.75. The van der Waals surface area contributed by atoms with Gasteiger partial charge in [-0.3, -0.25) is 10.1 Å². The summed E-state index contributed by atoms with van der Waals surface area (Å²) in [5, 5.41) is 10.3. The van der Waals surface area contributed by atoms with Crippen LogP contribution in [0, 0.1) is 13.8 Å². The van der Waals surface area contributed by atoms with Gasteiger partial charge in [0.2, 0.25) is 0 Å². The molecule has 0 aromatic carbocycles. The van der Waals surface area contributed by atoms with Gasteiger partial charge in [0.05, 0.1) is 6.20 Å². The van der Waals surface area contributed by atoms with Crippen molar-refractivity contribution in [3.8, 4) is 0 Å². The average Bonchev–Trinajstić information content (AvgIpc) is 2.68. The summed E-state index contributed by atoms with van der Waals surface area (Å²) in [5.41, 5.74) is 4.58. The first-order valence-electron chi connectivity index (χ1n) is 5.37. The van der Waals surface area contributed by atoms with E-state index < -0.39 is 0 Å². The third-order valence-electron chi connectivity index (χ3n) is 2.55. The van der Waals surface area contributed by atoms with Crippen LogP contribution in [-0.4, -0.2) is 15.2 Å². The second-order valence-corrected chi connectivity index (χ2v) is 3.93. The molecule has 2 aromatic rings. The van der Waals surface area contributed by atoms with Crippen molar-refractivity contribution < 1.29 is 0 Å². The molecule has 0 aliphatic carbocycles. The molecular formula is C12H16N4. The van der Waals surface area contributed by atoms with Gasteiger partial charge in [0, 0.05) is 36.2 Å². The highest BCUT2D eigenvalue weighted by Gasteiger charge is 1.99. The van der Waals surface area contributed by atoms with E-state index in [0.29, 0.717) is 0 Å². The van der Waals surface area contributed by atoms with Crippen LogP contribution >= 0.6 is 0 Å². The Kier molecular flexibility index (Phi) is 3.31. The van der Waals surface area contributed by atoms with E-state index >= 15 is 0 Å². The minimum absolute atomic E-state index is 0.830. The van der Waals surface area contributed by atoms with Gasteiger partial charge >= 0.3 is 0 Å². The minimum Gasteiger partial charge on any atom is -0.308 e. The predicted molar refractivity (Wildman–Crippen MR) is 62.8 cm³/mol. The fourth-order valence-electron chi connectivity index (χ4n) is 1.50. The molecular weight excluding hydrogens is 200 g/mol. The van der Waals surface area contributed by atoms with Gasteiger partial charge in [0.1, 0.15) is 0 Å². The maximum Gasteiger partial charge on any atom is 0.0535 e. The number of rotatable bonds is 4. The van der Waals surface area contributed by atoms with Crippen molar-refractivity contribution in [3.63, 3.8) is 0 Å². The van der Waals surface area contributed by atoms with E-state index in [1.54, 1.807) is 0 Å². The molecule has 0 atom stereocenters. The van der Waals surface area contributed by atoms with Crippen LogP contribution in [0.2, 0.25) is 0 Å². The third kappa shape index (κ3) is 2.67. The van der Waals surface area contributed by atoms with Crippen molar-refractivity contribution in [2.75, 3.05) is 0 Å². The van der Waals surface area contributed by atoms with E-state index in [1.165, 1.54) is 11.1 Å². The number of aromatic amines is 1. The summed E-state index contributed by atoms with van der Waals surface area (Å²) in [5.74, 6) is 0. The Balaban J connectivity index is 1.84. The zero-order chi connectivity index (χ0) is 11.4. The van der Waals surface area contributed by atoms with Crippen molar-refractivity contribution >= 4 is 0 Å². The maximum atomic E-state index is 4.25. The largest absolute Gasteiger partial charge is 0.308 e. The Morgan fingerprint density at radius 2 is 2.06 bits per heavy atom. The van der Waals surface area contributed by atoms with Crippen LogP contribution in [0.1, 0.15) is 22.5 Å². The van der Waals surface area contributed by atoms with Crippen LogP contribution in [0.4, 0.5) is 0 Å². The number of aryl methyl sites for hydroxylation is 2. The van der Waals surface area contributed by atoms with E-state index in [2.05, 4.69) is 26.6 Å². The zero-order valence-electron chi connectivity index (χ0n) is 9.62. The summed E-state index contributed by atoms with van der Waals surface area (Å²) in [7, 11) is 0. The molecule has 0 aliphatic rings. The number of hydrogen-bond acceptors (Lipinski definition) is 3. The lowest BCUT2D eigenvalue weighted by atomic mass is 10.2. The second-order valence-electron chi connectivity index (χ2n) is 3.93. The molecule has 0 radical (unpaired) electrons. The van der Waals surface area contributed by atoms with Gasteiger partial charge in [0.25, 0.3) is 0 Å². The van der Waals surface area contributed by atoms with Crippen molar-refractivity contribution in [1.82, 2.24) is 20.5 Å². The molecule has 0 aliphatic heterocycles. The fourth-order valence-corrected chi connectivity index (χ4v) is 1.50. The van der Waals surface area contributed by atoms with Crippen molar-refractivity contribution in [3.05, 3.63) is 47.0 Å². The summed E-state index contributed by atoms with van der Waals surface area (Å²) < 4.78 is 0. The molecule has 0 saturated carbocycles. The molecule has 0 amide bonds. The summed E-state index contributed by atoms with van der Waals surface area (Å²) in [6.45, 7) is 5.68. The molecule has 16 heavy (non-hydrogen) atoms. The van der Waals surface area contributed by atoms with E-state index in [-0.39, 0.29) is 0 Å². The molecule has 4 nitrogen and oxygen atoms in total. The van der Waals surface area contributed by atoms with Gasteiger partial charge in [-0.2, -0.15) is 5.10 Å². The second kappa shape index (κ2) is 4.90. The predicted octanol–water partition coefficient (Wildman–Crippen LogP) is 1.71. The van der Waals surface area contributed by atoms with Gasteiger partial charge in [-0.25, -0.2) is 0 Å². The number of nitrogens with zero attached hydrogens (tertiary/aromatic N) is 2. The lowest BCUT2D eigenvalue weighted by Crippen LogP contribution is -2.13. The molecule has 2 N–H and O–H groups in total. The molecule has 0 saturated heterocycles. The number of pyridine rings is 1. The van der Waals surface area contributed by atoms with Crippen molar-refractivity contribution in [2.24, 2.45) is 0 Å². The van der Waals surface area contributed by atoms with Gasteiger partial charge in [-0.05, 0) is 25.5 Å². The van der Waals surface area contributed by atoms with E-state index in [9.17, 15) is 0 Å². The first-order valence-corrected chi connectivity index (χ1v) is 5.37. The first kappa shape index (κ1) is 10.8. The van der Waals surface area contributed by atoms with Gasteiger partial charge in [0.15, 0.2) is 0 Å². The van der Waals surface area contributed by atoms with Crippen LogP contribution in [0.25, 0.3) is 0 Å². The highest BCUT2D eigenvalue weighted by Crippen LogP contribution is 2.03. The summed E-state index contributed by atoms with van der Waals surface area (Å²) in [6, 6.07) is 4.12.